The number of ether oxygens (including phenoxy) is 1. The van der Waals surface area contributed by atoms with Gasteiger partial charge < -0.3 is 4.74 Å². The smallest absolute Gasteiger partial charge is 0.333 e. The minimum Gasteiger partial charge on any atom is -0.463 e. The van der Waals surface area contributed by atoms with Crippen LogP contribution in [0.15, 0.2) is 12.2 Å². The van der Waals surface area contributed by atoms with Gasteiger partial charge in [0.15, 0.2) is 0 Å². The Labute approximate surface area is 56.5 Å². The summed E-state index contributed by atoms with van der Waals surface area (Å²) < 4.78 is 4.56. The summed E-state index contributed by atoms with van der Waals surface area (Å²) in [5.74, 6) is -0.312. The maximum atomic E-state index is 10.4. The van der Waals surface area contributed by atoms with Crippen LogP contribution in [0.25, 0.3) is 0 Å². The number of esters is 1. The summed E-state index contributed by atoms with van der Waals surface area (Å²) in [5.41, 5.74) is 0.451. The Morgan fingerprint density at radius 2 is 2.11 bits per heavy atom. The molecule has 0 aromatic rings. The van der Waals surface area contributed by atoms with Gasteiger partial charge >= 0.3 is 5.97 Å². The summed E-state index contributed by atoms with van der Waals surface area (Å²) in [6, 6.07) is 0. The molecule has 2 nitrogen and oxygen atoms in total. The Morgan fingerprint density at radius 1 is 1.67 bits per heavy atom. The zero-order valence-electron chi connectivity index (χ0n) is 5.23. The van der Waals surface area contributed by atoms with Crippen molar-refractivity contribution in [2.75, 3.05) is 6.61 Å². The van der Waals surface area contributed by atoms with Crippen molar-refractivity contribution in [1.29, 1.82) is 0 Å². The molecular weight excluding hydrogens is 116 g/mol. The van der Waals surface area contributed by atoms with Crippen LogP contribution in [0.4, 0.5) is 0 Å². The van der Waals surface area contributed by atoms with Gasteiger partial charge in [0.05, 0.1) is 6.61 Å². The maximum Gasteiger partial charge on any atom is 0.333 e. The van der Waals surface area contributed by atoms with Crippen molar-refractivity contribution >= 4 is 5.97 Å². The highest BCUT2D eigenvalue weighted by Gasteiger charge is 1.98. The van der Waals surface area contributed by atoms with E-state index in [0.29, 0.717) is 12.2 Å². The van der Waals surface area contributed by atoms with E-state index in [4.69, 9.17) is 0 Å². The van der Waals surface area contributed by atoms with Crippen LogP contribution < -0.4 is 0 Å². The van der Waals surface area contributed by atoms with E-state index in [-0.39, 0.29) is 13.4 Å². The quantitative estimate of drug-likeness (QED) is 0.420. The second-order valence-electron chi connectivity index (χ2n) is 1.50. The van der Waals surface area contributed by atoms with Crippen LogP contribution in [0, 0.1) is 0 Å². The fourth-order valence-corrected chi connectivity index (χ4v) is 0.254. The van der Waals surface area contributed by atoms with E-state index in [1.165, 1.54) is 0 Å². The minimum absolute atomic E-state index is 0. The number of rotatable bonds is 2. The van der Waals surface area contributed by atoms with E-state index >= 15 is 0 Å². The number of carbonyl (C=O) groups is 1. The van der Waals surface area contributed by atoms with E-state index < -0.39 is 0 Å². The molecule has 0 saturated carbocycles. The minimum atomic E-state index is -0.312. The van der Waals surface area contributed by atoms with Gasteiger partial charge in [-0.25, -0.2) is 4.79 Å². The Morgan fingerprint density at radius 3 is 2.22 bits per heavy atom. The lowest BCUT2D eigenvalue weighted by Gasteiger charge is -1.96. The van der Waals surface area contributed by atoms with Crippen LogP contribution in [0.3, 0.4) is 0 Å². The largest absolute Gasteiger partial charge is 0.463 e. The van der Waals surface area contributed by atoms with Gasteiger partial charge in [-0.05, 0) is 13.8 Å². The van der Waals surface area contributed by atoms with E-state index in [2.05, 4.69) is 11.3 Å². The summed E-state index contributed by atoms with van der Waals surface area (Å²) in [4.78, 5) is 10.4. The number of hydrogen-bond acceptors (Lipinski definition) is 2. The molecule has 0 aromatic carbocycles. The Bertz CT molecular complexity index is 105. The highest BCUT2D eigenvalue weighted by atomic mass is 16.5. The van der Waals surface area contributed by atoms with E-state index in [1.807, 2.05) is 0 Å². The topological polar surface area (TPSA) is 26.3 Å². The van der Waals surface area contributed by atoms with Crippen molar-refractivity contribution < 1.29 is 9.53 Å². The molecule has 0 unspecified atom stereocenters. The average Bonchev–Trinajstić information content (AvgIpc) is 1.67. The first kappa shape index (κ1) is 11.1. The molecule has 0 N–H and O–H groups in total. The lowest BCUT2D eigenvalue weighted by molar-refractivity contribution is -0.138. The van der Waals surface area contributed by atoms with Crippen molar-refractivity contribution in [3.63, 3.8) is 0 Å². The molecule has 0 amide bonds. The molecule has 0 saturated heterocycles. The zero-order chi connectivity index (χ0) is 6.57. The first-order valence-corrected chi connectivity index (χ1v) is 2.51. The monoisotopic (exact) mass is 130 g/mol. The maximum absolute atomic E-state index is 10.4. The predicted octanol–water partition coefficient (Wildman–Crippen LogP) is 1.76. The summed E-state index contributed by atoms with van der Waals surface area (Å²) in [7, 11) is 0. The highest BCUT2D eigenvalue weighted by Crippen LogP contribution is 1.89. The Kier molecular flexibility index (Phi) is 6.58. The number of hydrogen-bond donors (Lipinski definition) is 0. The fraction of sp³-hybridized carbons (Fsp3) is 0.571. The molecule has 9 heavy (non-hydrogen) atoms. The zero-order valence-corrected chi connectivity index (χ0v) is 5.23. The van der Waals surface area contributed by atoms with Crippen molar-refractivity contribution in [1.82, 2.24) is 0 Å². The average molecular weight is 130 g/mol. The van der Waals surface area contributed by atoms with Gasteiger partial charge in [0, 0.05) is 5.57 Å². The third-order valence-corrected chi connectivity index (χ3v) is 0.624. The lowest BCUT2D eigenvalue weighted by Crippen LogP contribution is -2.03. The Hall–Kier alpha value is -0.790. The molecule has 0 fully saturated rings. The molecule has 0 aliphatic carbocycles. The van der Waals surface area contributed by atoms with Crippen LogP contribution in [0.1, 0.15) is 21.3 Å². The first-order chi connectivity index (χ1) is 3.68. The molecule has 0 atom stereocenters. The van der Waals surface area contributed by atoms with Crippen molar-refractivity contribution in [3.8, 4) is 0 Å². The van der Waals surface area contributed by atoms with Crippen LogP contribution in [0.2, 0.25) is 0 Å². The van der Waals surface area contributed by atoms with Gasteiger partial charge in [-0.1, -0.05) is 14.0 Å². The van der Waals surface area contributed by atoms with Crippen LogP contribution in [0.5, 0.6) is 0 Å². The number of carbonyl (C=O) groups excluding carboxylic acids is 1. The van der Waals surface area contributed by atoms with Crippen molar-refractivity contribution in [2.24, 2.45) is 0 Å². The molecule has 0 aromatic heterocycles. The molecule has 0 rings (SSSR count). The van der Waals surface area contributed by atoms with Crippen LogP contribution in [-0.4, -0.2) is 12.6 Å². The van der Waals surface area contributed by atoms with Gasteiger partial charge in [-0.3, -0.25) is 0 Å². The summed E-state index contributed by atoms with van der Waals surface area (Å²) in [6.07, 6.45) is 0. The fourth-order valence-electron chi connectivity index (χ4n) is 0.254. The molecule has 0 spiro atoms. The summed E-state index contributed by atoms with van der Waals surface area (Å²) in [5, 5.41) is 0. The van der Waals surface area contributed by atoms with Gasteiger partial charge in [0.1, 0.15) is 0 Å². The molecule has 54 valence electrons. The second-order valence-corrected chi connectivity index (χ2v) is 1.50. The third kappa shape index (κ3) is 5.07. The molecule has 0 bridgehead atoms. The van der Waals surface area contributed by atoms with Crippen molar-refractivity contribution in [3.05, 3.63) is 12.2 Å². The van der Waals surface area contributed by atoms with Gasteiger partial charge in [0.25, 0.3) is 0 Å². The van der Waals surface area contributed by atoms with Crippen LogP contribution >= 0.6 is 0 Å². The SMILES string of the molecule is C.C=C(C)C(=O)OCC. The van der Waals surface area contributed by atoms with Gasteiger partial charge in [0.2, 0.25) is 0 Å². The normalized spacial score (nSPS) is 7.33. The van der Waals surface area contributed by atoms with Gasteiger partial charge in [-0.15, -0.1) is 0 Å². The van der Waals surface area contributed by atoms with E-state index in [0.717, 1.165) is 0 Å². The molecule has 2 heteroatoms. The highest BCUT2D eigenvalue weighted by molar-refractivity contribution is 5.86. The summed E-state index contributed by atoms with van der Waals surface area (Å²) in [6.45, 7) is 7.21. The summed E-state index contributed by atoms with van der Waals surface area (Å²) >= 11 is 0. The standard InChI is InChI=1S/C6H10O2.CH4/c1-4-8-6(7)5(2)3;/h2,4H2,1,3H3;1H4. The molecule has 0 radical (unpaired) electrons. The molecule has 0 aliphatic rings. The first-order valence-electron chi connectivity index (χ1n) is 2.51. The lowest BCUT2D eigenvalue weighted by atomic mass is 10.4. The Balaban J connectivity index is 0. The van der Waals surface area contributed by atoms with Gasteiger partial charge in [-0.2, -0.15) is 0 Å². The van der Waals surface area contributed by atoms with E-state index in [1.54, 1.807) is 13.8 Å². The molecule has 0 heterocycles. The van der Waals surface area contributed by atoms with E-state index in [9.17, 15) is 4.79 Å². The third-order valence-electron chi connectivity index (χ3n) is 0.624. The predicted molar refractivity (Wildman–Crippen MR) is 38.2 cm³/mol. The van der Waals surface area contributed by atoms with Crippen molar-refractivity contribution in [2.45, 2.75) is 21.3 Å². The molecule has 0 aliphatic heterocycles. The molecular formula is C7H14O2. The van der Waals surface area contributed by atoms with Crippen LogP contribution in [-0.2, 0) is 9.53 Å². The second kappa shape index (κ2) is 5.35.